The number of aryl methyl sites for hydroxylation is 1. The summed E-state index contributed by atoms with van der Waals surface area (Å²) in [4.78, 5) is 2.42. The van der Waals surface area contributed by atoms with Gasteiger partial charge in [-0.1, -0.05) is 0 Å². The number of nitrogens with zero attached hydrogens (tertiary/aromatic N) is 1. The minimum Gasteiger partial charge on any atom is -0.497 e. The van der Waals surface area contributed by atoms with E-state index in [1.165, 1.54) is 0 Å². The van der Waals surface area contributed by atoms with Crippen molar-refractivity contribution in [1.82, 2.24) is 9.62 Å². The zero-order valence-electron chi connectivity index (χ0n) is 15.0. The highest BCUT2D eigenvalue weighted by Gasteiger charge is 2.27. The summed E-state index contributed by atoms with van der Waals surface area (Å²) in [6.07, 6.45) is 1.60. The molecule has 0 saturated carbocycles. The Morgan fingerprint density at radius 1 is 1.27 bits per heavy atom. The standard InChI is InChI=1S/C18H24N2O5S/c1-14-12-15(23-2)5-6-18(14)26(21,22)19-13-16(17-4-3-9-25-17)20-7-10-24-11-8-20/h3-6,9,12,16,19H,7-8,10-11,13H2,1-2H3. The van der Waals surface area contributed by atoms with Crippen molar-refractivity contribution in [1.29, 1.82) is 0 Å². The number of ether oxygens (including phenoxy) is 2. The summed E-state index contributed by atoms with van der Waals surface area (Å²) >= 11 is 0. The number of rotatable bonds is 7. The molecule has 1 aliphatic rings. The Hall–Kier alpha value is -1.87. The van der Waals surface area contributed by atoms with Crippen LogP contribution in [0.15, 0.2) is 45.9 Å². The van der Waals surface area contributed by atoms with Crippen LogP contribution in [-0.2, 0) is 14.8 Å². The molecule has 2 aromatic rings. The molecule has 0 aliphatic carbocycles. The molecule has 1 atom stereocenters. The fourth-order valence-corrected chi connectivity index (χ4v) is 4.36. The third-order valence-electron chi connectivity index (χ3n) is 4.50. The fourth-order valence-electron chi connectivity index (χ4n) is 3.10. The van der Waals surface area contributed by atoms with E-state index in [4.69, 9.17) is 13.9 Å². The van der Waals surface area contributed by atoms with Gasteiger partial charge in [0.15, 0.2) is 0 Å². The lowest BCUT2D eigenvalue weighted by Gasteiger charge is -2.33. The summed E-state index contributed by atoms with van der Waals surface area (Å²) in [6.45, 7) is 4.69. The van der Waals surface area contributed by atoms with E-state index in [0.717, 1.165) is 18.8 Å². The monoisotopic (exact) mass is 380 g/mol. The van der Waals surface area contributed by atoms with Gasteiger partial charge in [0.25, 0.3) is 0 Å². The van der Waals surface area contributed by atoms with Gasteiger partial charge in [0.05, 0.1) is 37.5 Å². The molecule has 7 nitrogen and oxygen atoms in total. The maximum absolute atomic E-state index is 12.8. The van der Waals surface area contributed by atoms with Gasteiger partial charge in [0.2, 0.25) is 10.0 Å². The van der Waals surface area contributed by atoms with Crippen molar-refractivity contribution >= 4 is 10.0 Å². The van der Waals surface area contributed by atoms with Crippen LogP contribution in [0.25, 0.3) is 0 Å². The average Bonchev–Trinajstić information content (AvgIpc) is 3.16. The molecular formula is C18H24N2O5S. The summed E-state index contributed by atoms with van der Waals surface area (Å²) in [6, 6.07) is 8.42. The SMILES string of the molecule is COc1ccc(S(=O)(=O)NCC(c2ccco2)N2CCOCC2)c(C)c1. The second kappa shape index (κ2) is 8.22. The molecule has 0 spiro atoms. The van der Waals surface area contributed by atoms with Crippen LogP contribution in [0, 0.1) is 6.92 Å². The van der Waals surface area contributed by atoms with Gasteiger partial charge < -0.3 is 13.9 Å². The number of hydrogen-bond acceptors (Lipinski definition) is 6. The second-order valence-electron chi connectivity index (χ2n) is 6.16. The van der Waals surface area contributed by atoms with Crippen molar-refractivity contribution in [3.05, 3.63) is 47.9 Å². The number of hydrogen-bond donors (Lipinski definition) is 1. The zero-order chi connectivity index (χ0) is 18.6. The van der Waals surface area contributed by atoms with Crippen LogP contribution < -0.4 is 9.46 Å². The molecule has 0 bridgehead atoms. The Bertz CT molecular complexity index is 814. The smallest absolute Gasteiger partial charge is 0.240 e. The fraction of sp³-hybridized carbons (Fsp3) is 0.444. The Labute approximate surface area is 153 Å². The van der Waals surface area contributed by atoms with Gasteiger partial charge in [-0.3, -0.25) is 4.90 Å². The number of sulfonamides is 1. The Kier molecular flexibility index (Phi) is 5.98. The van der Waals surface area contributed by atoms with Crippen LogP contribution in [0.5, 0.6) is 5.75 Å². The van der Waals surface area contributed by atoms with E-state index in [0.29, 0.717) is 24.5 Å². The number of furan rings is 1. The van der Waals surface area contributed by atoms with Gasteiger partial charge >= 0.3 is 0 Å². The van der Waals surface area contributed by atoms with E-state index in [9.17, 15) is 8.42 Å². The number of morpholine rings is 1. The van der Waals surface area contributed by atoms with Crippen molar-refractivity contribution in [3.8, 4) is 5.75 Å². The first-order valence-corrected chi connectivity index (χ1v) is 9.99. The lowest BCUT2D eigenvalue weighted by Crippen LogP contribution is -2.43. The molecule has 3 rings (SSSR count). The summed E-state index contributed by atoms with van der Waals surface area (Å²) in [7, 11) is -2.09. The molecule has 8 heteroatoms. The predicted molar refractivity (Wildman–Crippen MR) is 96.8 cm³/mol. The van der Waals surface area contributed by atoms with Crippen molar-refractivity contribution < 1.29 is 22.3 Å². The molecule has 26 heavy (non-hydrogen) atoms. The summed E-state index contributed by atoms with van der Waals surface area (Å²) in [5, 5.41) is 0. The Morgan fingerprint density at radius 3 is 2.65 bits per heavy atom. The highest BCUT2D eigenvalue weighted by Crippen LogP contribution is 2.24. The van der Waals surface area contributed by atoms with E-state index in [1.807, 2.05) is 12.1 Å². The van der Waals surface area contributed by atoms with Gasteiger partial charge in [-0.15, -0.1) is 0 Å². The molecule has 1 fully saturated rings. The van der Waals surface area contributed by atoms with E-state index in [-0.39, 0.29) is 17.5 Å². The topological polar surface area (TPSA) is 81.0 Å². The Balaban J connectivity index is 1.77. The van der Waals surface area contributed by atoms with E-state index < -0.39 is 10.0 Å². The van der Waals surface area contributed by atoms with Crippen LogP contribution in [0.4, 0.5) is 0 Å². The van der Waals surface area contributed by atoms with Crippen molar-refractivity contribution in [2.75, 3.05) is 40.0 Å². The number of nitrogens with one attached hydrogen (secondary N) is 1. The minimum atomic E-state index is -3.65. The quantitative estimate of drug-likeness (QED) is 0.791. The van der Waals surface area contributed by atoms with Crippen molar-refractivity contribution in [2.24, 2.45) is 0 Å². The molecule has 1 aromatic heterocycles. The van der Waals surface area contributed by atoms with Crippen LogP contribution in [-0.4, -0.2) is 53.3 Å². The molecule has 1 aliphatic heterocycles. The number of methoxy groups -OCH3 is 1. The van der Waals surface area contributed by atoms with Gasteiger partial charge in [0, 0.05) is 19.6 Å². The third kappa shape index (κ3) is 4.27. The van der Waals surface area contributed by atoms with Gasteiger partial charge in [-0.05, 0) is 42.8 Å². The van der Waals surface area contributed by atoms with Gasteiger partial charge in [-0.2, -0.15) is 0 Å². The van der Waals surface area contributed by atoms with Crippen molar-refractivity contribution in [3.63, 3.8) is 0 Å². The molecule has 1 N–H and O–H groups in total. The minimum absolute atomic E-state index is 0.178. The molecule has 0 amide bonds. The zero-order valence-corrected chi connectivity index (χ0v) is 15.8. The first kappa shape index (κ1) is 18.9. The summed E-state index contributed by atoms with van der Waals surface area (Å²) in [5.74, 6) is 1.37. The average molecular weight is 380 g/mol. The van der Waals surface area contributed by atoms with Gasteiger partial charge in [0.1, 0.15) is 11.5 Å². The summed E-state index contributed by atoms with van der Waals surface area (Å²) in [5.41, 5.74) is 0.637. The lowest BCUT2D eigenvalue weighted by molar-refractivity contribution is 0.0128. The predicted octanol–water partition coefficient (Wildman–Crippen LogP) is 1.95. The maximum atomic E-state index is 12.8. The highest BCUT2D eigenvalue weighted by atomic mass is 32.2. The molecule has 1 saturated heterocycles. The molecule has 2 heterocycles. The largest absolute Gasteiger partial charge is 0.497 e. The highest BCUT2D eigenvalue weighted by molar-refractivity contribution is 7.89. The molecule has 1 aromatic carbocycles. The first-order valence-electron chi connectivity index (χ1n) is 8.51. The third-order valence-corrected chi connectivity index (χ3v) is 6.08. The molecular weight excluding hydrogens is 356 g/mol. The van der Waals surface area contributed by atoms with E-state index in [1.54, 1.807) is 38.5 Å². The molecule has 142 valence electrons. The van der Waals surface area contributed by atoms with E-state index >= 15 is 0 Å². The Morgan fingerprint density at radius 2 is 2.04 bits per heavy atom. The van der Waals surface area contributed by atoms with Crippen LogP contribution >= 0.6 is 0 Å². The van der Waals surface area contributed by atoms with E-state index in [2.05, 4.69) is 9.62 Å². The number of benzene rings is 1. The lowest BCUT2D eigenvalue weighted by atomic mass is 10.2. The van der Waals surface area contributed by atoms with Crippen LogP contribution in [0.3, 0.4) is 0 Å². The maximum Gasteiger partial charge on any atom is 0.240 e. The molecule has 0 radical (unpaired) electrons. The second-order valence-corrected chi connectivity index (χ2v) is 7.90. The first-order chi connectivity index (χ1) is 12.5. The normalized spacial score (nSPS) is 17.2. The van der Waals surface area contributed by atoms with Gasteiger partial charge in [-0.25, -0.2) is 13.1 Å². The van der Waals surface area contributed by atoms with Crippen molar-refractivity contribution in [2.45, 2.75) is 17.9 Å². The summed E-state index contributed by atoms with van der Waals surface area (Å²) < 4.78 is 44.4. The van der Waals surface area contributed by atoms with Crippen LogP contribution in [0.1, 0.15) is 17.4 Å². The van der Waals surface area contributed by atoms with Crippen LogP contribution in [0.2, 0.25) is 0 Å². The molecule has 1 unspecified atom stereocenters.